The predicted molar refractivity (Wildman–Crippen MR) is 67.8 cm³/mol. The number of hydrazone groups is 1. The number of rotatable bonds is 2. The maximum atomic E-state index is 11.7. The van der Waals surface area contributed by atoms with Crippen LogP contribution >= 0.6 is 11.6 Å². The Bertz CT molecular complexity index is 653. The van der Waals surface area contributed by atoms with Crippen molar-refractivity contribution < 1.29 is 0 Å². The van der Waals surface area contributed by atoms with Gasteiger partial charge in [0.25, 0.3) is 5.56 Å². The van der Waals surface area contributed by atoms with E-state index in [9.17, 15) is 9.59 Å². The second kappa shape index (κ2) is 4.13. The number of hydrogen-bond donors (Lipinski definition) is 3. The number of nitrogens with one attached hydrogen (secondary N) is 3. The molecule has 0 bridgehead atoms. The highest BCUT2D eigenvalue weighted by Gasteiger charge is 2.32. The van der Waals surface area contributed by atoms with Crippen molar-refractivity contribution in [3.63, 3.8) is 0 Å². The van der Waals surface area contributed by atoms with Crippen molar-refractivity contribution in [2.45, 2.75) is 18.3 Å². The number of halogens is 1. The number of aromatic amines is 2. The first-order valence-electron chi connectivity index (χ1n) is 5.66. The normalized spacial score (nSPS) is 23.1. The molecule has 0 saturated heterocycles. The first-order valence-corrected chi connectivity index (χ1v) is 6.10. The van der Waals surface area contributed by atoms with Crippen LogP contribution < -0.4 is 16.7 Å². The van der Waals surface area contributed by atoms with Gasteiger partial charge in [0.15, 0.2) is 0 Å². The maximum absolute atomic E-state index is 11.7. The standard InChI is InChI=1S/C11H11ClN4O2/c12-9-6(5-1-2-5)3-8(15-16-9)7-4-13-11(18)14-10(7)17/h3-5,9,16H,1-2H2,(H2,13,14,17,18). The highest BCUT2D eigenvalue weighted by Crippen LogP contribution is 2.39. The lowest BCUT2D eigenvalue weighted by Gasteiger charge is -2.19. The van der Waals surface area contributed by atoms with Crippen LogP contribution in [0.3, 0.4) is 0 Å². The van der Waals surface area contributed by atoms with Crippen molar-refractivity contribution in [1.29, 1.82) is 0 Å². The quantitative estimate of drug-likeness (QED) is 0.530. The fraction of sp³-hybridized carbons (Fsp3) is 0.364. The molecule has 0 radical (unpaired) electrons. The molecule has 1 atom stereocenters. The molecule has 1 aromatic rings. The minimum atomic E-state index is -0.533. The molecule has 1 saturated carbocycles. The number of nitrogens with zero attached hydrogens (tertiary/aromatic N) is 1. The maximum Gasteiger partial charge on any atom is 0.325 e. The zero-order chi connectivity index (χ0) is 12.7. The van der Waals surface area contributed by atoms with E-state index in [1.165, 1.54) is 6.20 Å². The Morgan fingerprint density at radius 2 is 2.11 bits per heavy atom. The number of hydrogen-bond acceptors (Lipinski definition) is 4. The van der Waals surface area contributed by atoms with Gasteiger partial charge in [0.1, 0.15) is 5.50 Å². The van der Waals surface area contributed by atoms with Gasteiger partial charge in [-0.25, -0.2) is 4.79 Å². The summed E-state index contributed by atoms with van der Waals surface area (Å²) in [7, 11) is 0. The van der Waals surface area contributed by atoms with Crippen molar-refractivity contribution in [3.05, 3.63) is 44.2 Å². The van der Waals surface area contributed by atoms with E-state index in [1.54, 1.807) is 0 Å². The minimum Gasteiger partial charge on any atom is -0.313 e. The summed E-state index contributed by atoms with van der Waals surface area (Å²) in [5.41, 5.74) is 3.34. The van der Waals surface area contributed by atoms with E-state index in [0.29, 0.717) is 17.2 Å². The van der Waals surface area contributed by atoms with Gasteiger partial charge in [0.2, 0.25) is 0 Å². The lowest BCUT2D eigenvalue weighted by atomic mass is 10.1. The van der Waals surface area contributed by atoms with Crippen LogP contribution in [0.25, 0.3) is 0 Å². The van der Waals surface area contributed by atoms with E-state index >= 15 is 0 Å². The molecular formula is C11H11ClN4O2. The van der Waals surface area contributed by atoms with Crippen LogP contribution in [0.15, 0.2) is 32.5 Å². The van der Waals surface area contributed by atoms with Crippen LogP contribution in [-0.4, -0.2) is 21.2 Å². The van der Waals surface area contributed by atoms with Crippen LogP contribution in [0, 0.1) is 5.92 Å². The molecule has 1 aliphatic carbocycles. The summed E-state index contributed by atoms with van der Waals surface area (Å²) in [5, 5.41) is 4.05. The van der Waals surface area contributed by atoms with Crippen LogP contribution in [0.4, 0.5) is 0 Å². The molecule has 18 heavy (non-hydrogen) atoms. The van der Waals surface area contributed by atoms with Crippen molar-refractivity contribution in [3.8, 4) is 0 Å². The van der Waals surface area contributed by atoms with Crippen LogP contribution in [-0.2, 0) is 0 Å². The summed E-state index contributed by atoms with van der Waals surface area (Å²) in [5.74, 6) is 0.479. The lowest BCUT2D eigenvalue weighted by Crippen LogP contribution is -2.32. The summed E-state index contributed by atoms with van der Waals surface area (Å²) in [4.78, 5) is 27.2. The van der Waals surface area contributed by atoms with Crippen LogP contribution in [0.2, 0.25) is 0 Å². The average Bonchev–Trinajstić information content (AvgIpc) is 3.14. The van der Waals surface area contributed by atoms with E-state index in [0.717, 1.165) is 18.4 Å². The lowest BCUT2D eigenvalue weighted by molar-refractivity contribution is 0.698. The van der Waals surface area contributed by atoms with Gasteiger partial charge in [0, 0.05) is 6.20 Å². The third-order valence-corrected chi connectivity index (χ3v) is 3.39. The number of allylic oxidation sites excluding steroid dienone is 1. The SMILES string of the molecule is O=c1[nH]cc(C2=NNC(Cl)C(C3CC3)=C2)c(=O)[nH]1. The Hall–Kier alpha value is -1.82. The molecule has 1 fully saturated rings. The van der Waals surface area contributed by atoms with Crippen molar-refractivity contribution in [2.24, 2.45) is 11.0 Å². The Morgan fingerprint density at radius 1 is 1.33 bits per heavy atom. The van der Waals surface area contributed by atoms with Gasteiger partial charge >= 0.3 is 5.69 Å². The molecule has 0 amide bonds. The summed E-state index contributed by atoms with van der Waals surface area (Å²) in [6.45, 7) is 0. The second-order valence-electron chi connectivity index (χ2n) is 4.39. The van der Waals surface area contributed by atoms with Crippen molar-refractivity contribution >= 4 is 17.3 Å². The molecule has 3 rings (SSSR count). The largest absolute Gasteiger partial charge is 0.325 e. The van der Waals surface area contributed by atoms with Gasteiger partial charge in [-0.2, -0.15) is 5.10 Å². The number of H-pyrrole nitrogens is 2. The zero-order valence-electron chi connectivity index (χ0n) is 9.37. The highest BCUT2D eigenvalue weighted by atomic mass is 35.5. The van der Waals surface area contributed by atoms with E-state index < -0.39 is 11.2 Å². The molecule has 94 valence electrons. The molecule has 1 unspecified atom stereocenters. The van der Waals surface area contributed by atoms with Crippen molar-refractivity contribution in [2.75, 3.05) is 0 Å². The fourth-order valence-corrected chi connectivity index (χ4v) is 2.23. The van der Waals surface area contributed by atoms with E-state index in [2.05, 4.69) is 20.5 Å². The van der Waals surface area contributed by atoms with Gasteiger partial charge in [-0.3, -0.25) is 15.2 Å². The molecule has 0 aromatic carbocycles. The molecule has 3 N–H and O–H groups in total. The molecule has 2 heterocycles. The summed E-state index contributed by atoms with van der Waals surface area (Å²) in [6.07, 6.45) is 5.42. The van der Waals surface area contributed by atoms with Gasteiger partial charge in [0.05, 0.1) is 11.3 Å². The van der Waals surface area contributed by atoms with Gasteiger partial charge in [-0.05, 0) is 30.4 Å². The Balaban J connectivity index is 2.02. The molecule has 0 spiro atoms. The molecule has 1 aliphatic heterocycles. The molecule has 2 aliphatic rings. The van der Waals surface area contributed by atoms with Crippen LogP contribution in [0.1, 0.15) is 18.4 Å². The second-order valence-corrected chi connectivity index (χ2v) is 4.83. The number of alkyl halides is 1. The first-order chi connectivity index (χ1) is 8.65. The van der Waals surface area contributed by atoms with E-state index in [1.807, 2.05) is 6.08 Å². The monoisotopic (exact) mass is 266 g/mol. The Kier molecular flexibility index (Phi) is 2.59. The van der Waals surface area contributed by atoms with Crippen LogP contribution in [0.5, 0.6) is 0 Å². The van der Waals surface area contributed by atoms with E-state index in [4.69, 9.17) is 11.6 Å². The smallest absolute Gasteiger partial charge is 0.313 e. The summed E-state index contributed by atoms with van der Waals surface area (Å²) in [6, 6.07) is 0. The topological polar surface area (TPSA) is 90.1 Å². The number of aromatic nitrogens is 2. The molecule has 7 heteroatoms. The zero-order valence-corrected chi connectivity index (χ0v) is 10.1. The Morgan fingerprint density at radius 3 is 2.78 bits per heavy atom. The third kappa shape index (κ3) is 1.99. The summed E-state index contributed by atoms with van der Waals surface area (Å²) < 4.78 is 0. The summed E-state index contributed by atoms with van der Waals surface area (Å²) >= 11 is 6.11. The highest BCUT2D eigenvalue weighted by molar-refractivity contribution is 6.23. The van der Waals surface area contributed by atoms with Gasteiger partial charge in [-0.1, -0.05) is 11.6 Å². The van der Waals surface area contributed by atoms with Gasteiger partial charge < -0.3 is 4.98 Å². The van der Waals surface area contributed by atoms with Crippen molar-refractivity contribution in [1.82, 2.24) is 15.4 Å². The molecule has 6 nitrogen and oxygen atoms in total. The average molecular weight is 267 g/mol. The van der Waals surface area contributed by atoms with Gasteiger partial charge in [-0.15, -0.1) is 0 Å². The molecular weight excluding hydrogens is 256 g/mol. The molecule has 1 aromatic heterocycles. The van der Waals surface area contributed by atoms with E-state index in [-0.39, 0.29) is 5.50 Å². The predicted octanol–water partition coefficient (Wildman–Crippen LogP) is 0.272. The minimum absolute atomic E-state index is 0.317. The fourth-order valence-electron chi connectivity index (χ4n) is 1.94. The first kappa shape index (κ1) is 11.3. The third-order valence-electron chi connectivity index (χ3n) is 3.04. The Labute approximate surface area is 107 Å².